The van der Waals surface area contributed by atoms with E-state index in [4.69, 9.17) is 0 Å². The standard InChI is InChI=1S/2C17H25I/c2*1-2-3-4-5-14-6-8-15(9-7-14)16-10-12-17(18)13-11-16/h2*10-15H,2-9H2,1H3. The highest BCUT2D eigenvalue weighted by atomic mass is 127. The fourth-order valence-electron chi connectivity index (χ4n) is 6.40. The van der Waals surface area contributed by atoms with Crippen molar-refractivity contribution in [3.63, 3.8) is 0 Å². The fraction of sp³-hybridized carbons (Fsp3) is 0.647. The third-order valence-electron chi connectivity index (χ3n) is 8.81. The van der Waals surface area contributed by atoms with Crippen LogP contribution in [0, 0.1) is 19.0 Å². The molecule has 0 nitrogen and oxygen atoms in total. The van der Waals surface area contributed by atoms with Gasteiger partial charge in [0.1, 0.15) is 0 Å². The first-order valence-corrected chi connectivity index (χ1v) is 17.3. The van der Waals surface area contributed by atoms with E-state index >= 15 is 0 Å². The van der Waals surface area contributed by atoms with Gasteiger partial charge in [-0.1, -0.05) is 89.5 Å². The molecule has 2 saturated carbocycles. The number of unbranched alkanes of at least 4 members (excludes halogenated alkanes) is 4. The Morgan fingerprint density at radius 1 is 0.500 bits per heavy atom. The van der Waals surface area contributed by atoms with E-state index < -0.39 is 0 Å². The molecule has 0 amide bonds. The highest BCUT2D eigenvalue weighted by Gasteiger charge is 2.22. The molecule has 0 heterocycles. The van der Waals surface area contributed by atoms with Crippen molar-refractivity contribution in [1.82, 2.24) is 0 Å². The quantitative estimate of drug-likeness (QED) is 0.170. The predicted molar refractivity (Wildman–Crippen MR) is 176 cm³/mol. The van der Waals surface area contributed by atoms with E-state index in [2.05, 4.69) is 108 Å². The summed E-state index contributed by atoms with van der Waals surface area (Å²) in [5.74, 6) is 3.72. The number of benzene rings is 2. The summed E-state index contributed by atoms with van der Waals surface area (Å²) in [6.45, 7) is 4.60. The molecule has 0 saturated heterocycles. The molecule has 0 radical (unpaired) electrons. The Labute approximate surface area is 250 Å². The van der Waals surface area contributed by atoms with Crippen LogP contribution in [0.25, 0.3) is 0 Å². The molecular weight excluding hydrogens is 662 g/mol. The summed E-state index contributed by atoms with van der Waals surface area (Å²) in [7, 11) is 0. The molecule has 4 rings (SSSR count). The van der Waals surface area contributed by atoms with E-state index in [-0.39, 0.29) is 0 Å². The van der Waals surface area contributed by atoms with Crippen LogP contribution in [0.3, 0.4) is 0 Å². The first kappa shape index (κ1) is 30.4. The van der Waals surface area contributed by atoms with Crippen LogP contribution in [0.4, 0.5) is 0 Å². The molecule has 0 aromatic heterocycles. The molecule has 2 aromatic carbocycles. The van der Waals surface area contributed by atoms with Crippen LogP contribution in [0.2, 0.25) is 0 Å². The Bertz CT molecular complexity index is 738. The van der Waals surface area contributed by atoms with Crippen LogP contribution >= 0.6 is 45.2 Å². The largest absolute Gasteiger partial charge is 0.0654 e. The summed E-state index contributed by atoms with van der Waals surface area (Å²) in [5.41, 5.74) is 3.14. The van der Waals surface area contributed by atoms with Gasteiger partial charge in [-0.3, -0.25) is 0 Å². The third-order valence-corrected chi connectivity index (χ3v) is 10.2. The Morgan fingerprint density at radius 2 is 0.833 bits per heavy atom. The average molecular weight is 713 g/mol. The van der Waals surface area contributed by atoms with Gasteiger partial charge in [0.25, 0.3) is 0 Å². The summed E-state index contributed by atoms with van der Waals surface area (Å²) in [6, 6.07) is 18.4. The topological polar surface area (TPSA) is 0 Å². The highest BCUT2D eigenvalue weighted by Crippen LogP contribution is 2.39. The van der Waals surface area contributed by atoms with Crippen molar-refractivity contribution in [3.8, 4) is 0 Å². The van der Waals surface area contributed by atoms with Gasteiger partial charge in [-0.15, -0.1) is 0 Å². The predicted octanol–water partition coefficient (Wildman–Crippen LogP) is 12.3. The third kappa shape index (κ3) is 10.9. The molecule has 2 aliphatic rings. The molecule has 0 aliphatic heterocycles. The van der Waals surface area contributed by atoms with Crippen LogP contribution in [0.5, 0.6) is 0 Å². The molecule has 0 atom stereocenters. The van der Waals surface area contributed by atoms with Crippen molar-refractivity contribution in [3.05, 3.63) is 66.8 Å². The lowest BCUT2D eigenvalue weighted by Crippen LogP contribution is -2.13. The molecule has 2 aromatic rings. The number of hydrogen-bond donors (Lipinski definition) is 0. The zero-order valence-electron chi connectivity index (χ0n) is 23.0. The molecule has 0 bridgehead atoms. The first-order chi connectivity index (χ1) is 17.6. The van der Waals surface area contributed by atoms with Gasteiger partial charge in [0.05, 0.1) is 0 Å². The Balaban J connectivity index is 0.000000201. The lowest BCUT2D eigenvalue weighted by Gasteiger charge is -2.28. The van der Waals surface area contributed by atoms with E-state index in [9.17, 15) is 0 Å². The van der Waals surface area contributed by atoms with Crippen LogP contribution < -0.4 is 0 Å². The van der Waals surface area contributed by atoms with Gasteiger partial charge in [-0.05, 0) is 156 Å². The summed E-state index contributed by atoms with van der Waals surface area (Å²) >= 11 is 4.78. The van der Waals surface area contributed by atoms with Crippen molar-refractivity contribution in [2.75, 3.05) is 0 Å². The minimum atomic E-state index is 0.837. The normalized spacial score (nSPS) is 24.1. The van der Waals surface area contributed by atoms with Gasteiger partial charge in [0.15, 0.2) is 0 Å². The lowest BCUT2D eigenvalue weighted by atomic mass is 9.77. The molecule has 2 heteroatoms. The van der Waals surface area contributed by atoms with E-state index in [1.165, 1.54) is 110 Å². The summed E-state index contributed by atoms with van der Waals surface area (Å²) < 4.78 is 2.70. The molecule has 2 aliphatic carbocycles. The van der Waals surface area contributed by atoms with Crippen LogP contribution in [0.1, 0.15) is 140 Å². The monoisotopic (exact) mass is 712 g/mol. The van der Waals surface area contributed by atoms with Crippen LogP contribution in [-0.4, -0.2) is 0 Å². The van der Waals surface area contributed by atoms with Gasteiger partial charge in [0, 0.05) is 7.14 Å². The molecule has 36 heavy (non-hydrogen) atoms. The Morgan fingerprint density at radius 3 is 1.14 bits per heavy atom. The van der Waals surface area contributed by atoms with Gasteiger partial charge in [-0.2, -0.15) is 0 Å². The summed E-state index contributed by atoms with van der Waals surface area (Å²) in [5, 5.41) is 0. The van der Waals surface area contributed by atoms with Gasteiger partial charge < -0.3 is 0 Å². The van der Waals surface area contributed by atoms with E-state index in [1.807, 2.05) is 0 Å². The number of halogens is 2. The molecule has 2 fully saturated rings. The lowest BCUT2D eigenvalue weighted by molar-refractivity contribution is 0.303. The second kappa shape index (κ2) is 17.5. The van der Waals surface area contributed by atoms with Crippen molar-refractivity contribution < 1.29 is 0 Å². The second-order valence-corrected chi connectivity index (χ2v) is 14.0. The van der Waals surface area contributed by atoms with Crippen LogP contribution in [0.15, 0.2) is 48.5 Å². The Kier molecular flexibility index (Phi) is 14.8. The zero-order valence-corrected chi connectivity index (χ0v) is 27.3. The van der Waals surface area contributed by atoms with E-state index in [1.54, 1.807) is 11.1 Å². The van der Waals surface area contributed by atoms with E-state index in [0.717, 1.165) is 23.7 Å². The van der Waals surface area contributed by atoms with E-state index in [0.29, 0.717) is 0 Å². The van der Waals surface area contributed by atoms with Gasteiger partial charge >= 0.3 is 0 Å². The number of rotatable bonds is 10. The molecule has 0 N–H and O–H groups in total. The fourth-order valence-corrected chi connectivity index (χ4v) is 7.12. The molecule has 0 unspecified atom stereocenters. The smallest absolute Gasteiger partial charge is 0.0130 e. The first-order valence-electron chi connectivity index (χ1n) is 15.1. The zero-order chi connectivity index (χ0) is 25.6. The SMILES string of the molecule is CCCCCC1CCC(c2ccc(I)cc2)CC1.CCCCCC1CCC(c2ccc(I)cc2)CC1. The molecular formula is C34H50I2. The Hall–Kier alpha value is -0.100. The average Bonchev–Trinajstić information content (AvgIpc) is 2.91. The summed E-state index contributed by atoms with van der Waals surface area (Å²) in [4.78, 5) is 0. The van der Waals surface area contributed by atoms with Crippen molar-refractivity contribution in [2.45, 2.75) is 128 Å². The highest BCUT2D eigenvalue weighted by molar-refractivity contribution is 14.1. The maximum atomic E-state index is 2.39. The van der Waals surface area contributed by atoms with Crippen molar-refractivity contribution >= 4 is 45.2 Å². The maximum absolute atomic E-state index is 2.39. The molecule has 0 spiro atoms. The summed E-state index contributed by atoms with van der Waals surface area (Å²) in [6.07, 6.45) is 22.9. The number of hydrogen-bond acceptors (Lipinski definition) is 0. The second-order valence-electron chi connectivity index (χ2n) is 11.5. The minimum Gasteiger partial charge on any atom is -0.0654 e. The maximum Gasteiger partial charge on any atom is 0.0130 e. The molecule has 200 valence electrons. The van der Waals surface area contributed by atoms with Gasteiger partial charge in [-0.25, -0.2) is 0 Å². The van der Waals surface area contributed by atoms with Crippen molar-refractivity contribution in [2.24, 2.45) is 11.8 Å². The minimum absolute atomic E-state index is 0.837. The van der Waals surface area contributed by atoms with Crippen molar-refractivity contribution in [1.29, 1.82) is 0 Å². The van der Waals surface area contributed by atoms with Crippen LogP contribution in [-0.2, 0) is 0 Å². The van der Waals surface area contributed by atoms with Gasteiger partial charge in [0.2, 0.25) is 0 Å².